The fourth-order valence-electron chi connectivity index (χ4n) is 3.26. The van der Waals surface area contributed by atoms with Crippen molar-refractivity contribution >= 4 is 0 Å². The lowest BCUT2D eigenvalue weighted by Gasteiger charge is -2.37. The van der Waals surface area contributed by atoms with Crippen LogP contribution in [0, 0.1) is 5.92 Å². The van der Waals surface area contributed by atoms with E-state index in [1.54, 1.807) is 0 Å². The molecular weight excluding hydrogens is 222 g/mol. The van der Waals surface area contributed by atoms with Gasteiger partial charge in [0, 0.05) is 18.4 Å². The highest BCUT2D eigenvalue weighted by Gasteiger charge is 2.30. The molecule has 2 rings (SSSR count). The lowest BCUT2D eigenvalue weighted by molar-refractivity contribution is 0.197. The summed E-state index contributed by atoms with van der Waals surface area (Å²) in [5.41, 5.74) is 0. The summed E-state index contributed by atoms with van der Waals surface area (Å²) in [5.74, 6) is 0.905. The van der Waals surface area contributed by atoms with E-state index in [-0.39, 0.29) is 0 Å². The van der Waals surface area contributed by atoms with Crippen LogP contribution in [0.2, 0.25) is 0 Å². The second-order valence-electron chi connectivity index (χ2n) is 5.61. The van der Waals surface area contributed by atoms with Crippen molar-refractivity contribution in [3.05, 3.63) is 18.7 Å². The largest absolute Gasteiger partial charge is 0.333 e. The molecule has 3 heteroatoms. The van der Waals surface area contributed by atoms with Gasteiger partial charge in [-0.2, -0.15) is 0 Å². The van der Waals surface area contributed by atoms with Gasteiger partial charge in [0.05, 0.1) is 12.4 Å². The van der Waals surface area contributed by atoms with E-state index < -0.39 is 0 Å². The third kappa shape index (κ3) is 3.35. The smallest absolute Gasteiger partial charge is 0.0949 e. The van der Waals surface area contributed by atoms with Crippen molar-refractivity contribution < 1.29 is 0 Å². The van der Waals surface area contributed by atoms with Crippen LogP contribution in [-0.4, -0.2) is 22.1 Å². The predicted molar refractivity (Wildman–Crippen MR) is 75.6 cm³/mol. The Bertz CT molecular complexity index is 320. The molecule has 1 aromatic heterocycles. The van der Waals surface area contributed by atoms with Crippen LogP contribution in [0.5, 0.6) is 0 Å². The molecule has 0 amide bonds. The van der Waals surface area contributed by atoms with Gasteiger partial charge in [-0.1, -0.05) is 26.7 Å². The van der Waals surface area contributed by atoms with Gasteiger partial charge in [-0.25, -0.2) is 4.98 Å². The molecule has 1 heterocycles. The number of nitrogens with one attached hydrogen (secondary N) is 1. The lowest BCUT2D eigenvalue weighted by Crippen LogP contribution is -2.41. The van der Waals surface area contributed by atoms with Gasteiger partial charge in [0.15, 0.2) is 0 Å². The van der Waals surface area contributed by atoms with Gasteiger partial charge in [0.25, 0.3) is 0 Å². The summed E-state index contributed by atoms with van der Waals surface area (Å²) in [6, 6.07) is 1.23. The average Bonchev–Trinajstić information content (AvgIpc) is 2.91. The summed E-state index contributed by atoms with van der Waals surface area (Å²) < 4.78 is 2.31. The second kappa shape index (κ2) is 6.93. The molecule has 0 radical (unpaired) electrons. The summed E-state index contributed by atoms with van der Waals surface area (Å²) in [6.07, 6.45) is 13.9. The molecule has 1 aliphatic carbocycles. The molecule has 3 nitrogen and oxygen atoms in total. The van der Waals surface area contributed by atoms with Gasteiger partial charge in [-0.05, 0) is 38.1 Å². The standard InChI is InChI=1S/C15H27N3/c1-3-5-13-6-7-14(17-8-4-2)15(11-13)18-10-9-16-12-18/h9-10,12-15,17H,3-8,11H2,1-2H3. The summed E-state index contributed by atoms with van der Waals surface area (Å²) in [5, 5.41) is 3.72. The Labute approximate surface area is 111 Å². The van der Waals surface area contributed by atoms with E-state index in [0.717, 1.165) is 12.5 Å². The number of nitrogens with zero attached hydrogens (tertiary/aromatic N) is 2. The zero-order chi connectivity index (χ0) is 12.8. The number of aromatic nitrogens is 2. The minimum absolute atomic E-state index is 0.601. The molecule has 1 fully saturated rings. The maximum absolute atomic E-state index is 4.22. The monoisotopic (exact) mass is 249 g/mol. The Hall–Kier alpha value is -0.830. The van der Waals surface area contributed by atoms with Crippen molar-refractivity contribution in [2.75, 3.05) is 6.54 Å². The molecule has 3 unspecified atom stereocenters. The lowest BCUT2D eigenvalue weighted by atomic mass is 9.80. The molecule has 3 atom stereocenters. The van der Waals surface area contributed by atoms with Gasteiger partial charge >= 0.3 is 0 Å². The Morgan fingerprint density at radius 3 is 2.83 bits per heavy atom. The van der Waals surface area contributed by atoms with Gasteiger partial charge < -0.3 is 9.88 Å². The van der Waals surface area contributed by atoms with Crippen molar-refractivity contribution in [2.45, 2.75) is 64.5 Å². The first kappa shape index (κ1) is 13.6. The fourth-order valence-corrected chi connectivity index (χ4v) is 3.26. The van der Waals surface area contributed by atoms with E-state index in [1.807, 2.05) is 12.5 Å². The van der Waals surface area contributed by atoms with Crippen LogP contribution in [0.25, 0.3) is 0 Å². The van der Waals surface area contributed by atoms with Crippen molar-refractivity contribution in [1.82, 2.24) is 14.9 Å². The van der Waals surface area contributed by atoms with Crippen LogP contribution in [0.3, 0.4) is 0 Å². The number of imidazole rings is 1. The molecule has 0 aromatic carbocycles. The number of rotatable bonds is 6. The number of hydrogen-bond acceptors (Lipinski definition) is 2. The van der Waals surface area contributed by atoms with Gasteiger partial charge in [0.1, 0.15) is 0 Å². The maximum atomic E-state index is 4.22. The topological polar surface area (TPSA) is 29.9 Å². The molecular formula is C15H27N3. The predicted octanol–water partition coefficient (Wildman–Crippen LogP) is 3.39. The Morgan fingerprint density at radius 2 is 2.17 bits per heavy atom. The van der Waals surface area contributed by atoms with Crippen LogP contribution in [0.15, 0.2) is 18.7 Å². The van der Waals surface area contributed by atoms with Crippen LogP contribution < -0.4 is 5.32 Å². The first-order valence-corrected chi connectivity index (χ1v) is 7.56. The quantitative estimate of drug-likeness (QED) is 0.837. The zero-order valence-electron chi connectivity index (χ0n) is 11.8. The summed E-state index contributed by atoms with van der Waals surface area (Å²) >= 11 is 0. The molecule has 1 aromatic rings. The maximum Gasteiger partial charge on any atom is 0.0949 e. The first-order valence-electron chi connectivity index (χ1n) is 7.56. The van der Waals surface area contributed by atoms with Crippen molar-refractivity contribution in [3.63, 3.8) is 0 Å². The molecule has 102 valence electrons. The van der Waals surface area contributed by atoms with Crippen molar-refractivity contribution in [1.29, 1.82) is 0 Å². The minimum atomic E-state index is 0.601. The molecule has 0 bridgehead atoms. The van der Waals surface area contributed by atoms with E-state index in [9.17, 15) is 0 Å². The zero-order valence-corrected chi connectivity index (χ0v) is 11.8. The van der Waals surface area contributed by atoms with Crippen LogP contribution >= 0.6 is 0 Å². The second-order valence-corrected chi connectivity index (χ2v) is 5.61. The van der Waals surface area contributed by atoms with Gasteiger partial charge in [-0.3, -0.25) is 0 Å². The van der Waals surface area contributed by atoms with E-state index in [2.05, 4.69) is 34.9 Å². The van der Waals surface area contributed by atoms with E-state index in [1.165, 1.54) is 38.5 Å². The molecule has 18 heavy (non-hydrogen) atoms. The molecule has 0 saturated heterocycles. The van der Waals surface area contributed by atoms with E-state index in [4.69, 9.17) is 0 Å². The third-order valence-electron chi connectivity index (χ3n) is 4.19. The Morgan fingerprint density at radius 1 is 1.28 bits per heavy atom. The summed E-state index contributed by atoms with van der Waals surface area (Å²) in [7, 11) is 0. The SMILES string of the molecule is CCCNC1CCC(CCC)CC1n1ccnc1. The highest BCUT2D eigenvalue weighted by Crippen LogP contribution is 2.35. The van der Waals surface area contributed by atoms with Crippen LogP contribution in [0.4, 0.5) is 0 Å². The molecule has 0 spiro atoms. The minimum Gasteiger partial charge on any atom is -0.333 e. The van der Waals surface area contributed by atoms with Crippen LogP contribution in [0.1, 0.15) is 58.4 Å². The Balaban J connectivity index is 2.01. The average molecular weight is 249 g/mol. The van der Waals surface area contributed by atoms with E-state index >= 15 is 0 Å². The highest BCUT2D eigenvalue weighted by molar-refractivity contribution is 4.92. The fraction of sp³-hybridized carbons (Fsp3) is 0.800. The molecule has 1 N–H and O–H groups in total. The highest BCUT2D eigenvalue weighted by atomic mass is 15.1. The molecule has 0 aliphatic heterocycles. The van der Waals surface area contributed by atoms with Crippen molar-refractivity contribution in [2.24, 2.45) is 5.92 Å². The van der Waals surface area contributed by atoms with Gasteiger partial charge in [0.2, 0.25) is 0 Å². The normalized spacial score (nSPS) is 28.4. The van der Waals surface area contributed by atoms with E-state index in [0.29, 0.717) is 12.1 Å². The summed E-state index contributed by atoms with van der Waals surface area (Å²) in [4.78, 5) is 4.22. The summed E-state index contributed by atoms with van der Waals surface area (Å²) in [6.45, 7) is 5.67. The number of hydrogen-bond donors (Lipinski definition) is 1. The molecule has 1 aliphatic rings. The third-order valence-corrected chi connectivity index (χ3v) is 4.19. The molecule has 1 saturated carbocycles. The Kier molecular flexibility index (Phi) is 5.24. The first-order chi connectivity index (χ1) is 8.85. The van der Waals surface area contributed by atoms with Crippen LogP contribution in [-0.2, 0) is 0 Å². The van der Waals surface area contributed by atoms with Gasteiger partial charge in [-0.15, -0.1) is 0 Å². The van der Waals surface area contributed by atoms with Crippen molar-refractivity contribution in [3.8, 4) is 0 Å².